The first-order valence-electron chi connectivity index (χ1n) is 8.61. The van der Waals surface area contributed by atoms with E-state index in [0.717, 1.165) is 15.8 Å². The number of thiazole rings is 1. The zero-order valence-corrected chi connectivity index (χ0v) is 17.6. The monoisotopic (exact) mass is 423 g/mol. The highest BCUT2D eigenvalue weighted by Crippen LogP contribution is 2.34. The number of amides is 1. The predicted molar refractivity (Wildman–Crippen MR) is 114 cm³/mol. The second kappa shape index (κ2) is 9.82. The summed E-state index contributed by atoms with van der Waals surface area (Å²) in [5, 5.41) is 0.642. The van der Waals surface area contributed by atoms with Crippen molar-refractivity contribution in [1.82, 2.24) is 9.88 Å². The van der Waals surface area contributed by atoms with Gasteiger partial charge in [0.1, 0.15) is 17.1 Å². The number of nitrogens with zero attached hydrogens (tertiary/aromatic N) is 3. The molecule has 0 atom stereocenters. The zero-order chi connectivity index (χ0) is 19.4. The summed E-state index contributed by atoms with van der Waals surface area (Å²) in [6.07, 6.45) is 0.195. The van der Waals surface area contributed by atoms with Crippen molar-refractivity contribution in [2.75, 3.05) is 39.2 Å². The summed E-state index contributed by atoms with van der Waals surface area (Å²) in [7, 11) is 5.53. The molecule has 28 heavy (non-hydrogen) atoms. The van der Waals surface area contributed by atoms with E-state index in [4.69, 9.17) is 4.74 Å². The fourth-order valence-corrected chi connectivity index (χ4v) is 3.72. The number of para-hydroxylation sites is 1. The Hall–Kier alpha value is -2.22. The number of hydrogen-bond donors (Lipinski definition) is 0. The summed E-state index contributed by atoms with van der Waals surface area (Å²) < 4.78 is 19.5. The van der Waals surface area contributed by atoms with Gasteiger partial charge in [0.2, 0.25) is 5.91 Å². The van der Waals surface area contributed by atoms with Crippen LogP contribution in [0.1, 0.15) is 5.56 Å². The highest BCUT2D eigenvalue weighted by atomic mass is 35.5. The molecule has 0 saturated carbocycles. The van der Waals surface area contributed by atoms with Crippen LogP contribution in [-0.2, 0) is 11.2 Å². The number of likely N-dealkylation sites (N-methyl/N-ethyl adjacent to an activating group) is 1. The van der Waals surface area contributed by atoms with Crippen LogP contribution in [0.15, 0.2) is 42.5 Å². The van der Waals surface area contributed by atoms with E-state index in [-0.39, 0.29) is 30.6 Å². The molecule has 150 valence electrons. The lowest BCUT2D eigenvalue weighted by molar-refractivity contribution is -0.118. The minimum absolute atomic E-state index is 0. The number of fused-ring (bicyclic) bond motifs is 1. The molecule has 3 aromatic rings. The number of carbonyl (C=O) groups is 1. The van der Waals surface area contributed by atoms with Gasteiger partial charge in [-0.3, -0.25) is 9.69 Å². The lowest BCUT2D eigenvalue weighted by Crippen LogP contribution is -2.37. The van der Waals surface area contributed by atoms with E-state index in [9.17, 15) is 9.18 Å². The number of benzene rings is 2. The van der Waals surface area contributed by atoms with E-state index < -0.39 is 0 Å². The molecule has 0 saturated heterocycles. The van der Waals surface area contributed by atoms with E-state index in [0.29, 0.717) is 24.0 Å². The minimum Gasteiger partial charge on any atom is -0.494 e. The molecule has 0 unspecified atom stereocenters. The number of methoxy groups -OCH3 is 1. The quantitative estimate of drug-likeness (QED) is 0.576. The van der Waals surface area contributed by atoms with Crippen LogP contribution in [0.25, 0.3) is 10.2 Å². The number of aromatic nitrogens is 1. The van der Waals surface area contributed by atoms with Crippen LogP contribution in [0.4, 0.5) is 9.52 Å². The maximum atomic E-state index is 13.1. The standard InChI is InChI=1S/C20H22FN3O2S.ClH/c1-23(2)11-12-24(18(25)13-14-7-9-15(21)10-8-14)20-22-19-16(26-3)5-4-6-17(19)27-20;/h4-10H,11-13H2,1-3H3;1H. The molecule has 0 aliphatic carbocycles. The van der Waals surface area contributed by atoms with Gasteiger partial charge in [-0.25, -0.2) is 9.37 Å². The predicted octanol–water partition coefficient (Wildman–Crippen LogP) is 4.00. The van der Waals surface area contributed by atoms with Crippen LogP contribution in [0.2, 0.25) is 0 Å². The number of hydrogen-bond acceptors (Lipinski definition) is 5. The molecule has 0 radical (unpaired) electrons. The molecular formula is C20H23ClFN3O2S. The summed E-state index contributed by atoms with van der Waals surface area (Å²) in [6.45, 7) is 1.23. The molecular weight excluding hydrogens is 401 g/mol. The van der Waals surface area contributed by atoms with Crippen molar-refractivity contribution in [1.29, 1.82) is 0 Å². The SMILES string of the molecule is COc1cccc2sc(N(CCN(C)C)C(=O)Cc3ccc(F)cc3)nc12.Cl. The molecule has 1 aromatic heterocycles. The van der Waals surface area contributed by atoms with E-state index in [2.05, 4.69) is 4.98 Å². The molecule has 0 aliphatic rings. The molecule has 8 heteroatoms. The Morgan fingerprint density at radius 2 is 1.86 bits per heavy atom. The molecule has 1 amide bonds. The van der Waals surface area contributed by atoms with E-state index in [1.807, 2.05) is 37.2 Å². The van der Waals surface area contributed by atoms with Crippen molar-refractivity contribution < 1.29 is 13.9 Å². The van der Waals surface area contributed by atoms with Crippen LogP contribution in [0.5, 0.6) is 5.75 Å². The summed E-state index contributed by atoms with van der Waals surface area (Å²) in [5.74, 6) is 0.309. The third-order valence-electron chi connectivity index (χ3n) is 4.16. The van der Waals surface area contributed by atoms with Crippen molar-refractivity contribution in [2.24, 2.45) is 0 Å². The van der Waals surface area contributed by atoms with Gasteiger partial charge in [0.25, 0.3) is 0 Å². The van der Waals surface area contributed by atoms with Crippen LogP contribution in [-0.4, -0.2) is 50.1 Å². The normalized spacial score (nSPS) is 10.8. The molecule has 0 fully saturated rings. The summed E-state index contributed by atoms with van der Waals surface area (Å²) >= 11 is 1.46. The molecule has 2 aromatic carbocycles. The van der Waals surface area contributed by atoms with Gasteiger partial charge >= 0.3 is 0 Å². The van der Waals surface area contributed by atoms with E-state index in [1.165, 1.54) is 23.5 Å². The van der Waals surface area contributed by atoms with Gasteiger partial charge in [0.05, 0.1) is 18.2 Å². The third-order valence-corrected chi connectivity index (χ3v) is 5.21. The van der Waals surface area contributed by atoms with Crippen molar-refractivity contribution in [3.05, 3.63) is 53.8 Å². The van der Waals surface area contributed by atoms with Crippen molar-refractivity contribution in [3.8, 4) is 5.75 Å². The van der Waals surface area contributed by atoms with Crippen LogP contribution in [0.3, 0.4) is 0 Å². The maximum Gasteiger partial charge on any atom is 0.233 e. The number of halogens is 2. The van der Waals surface area contributed by atoms with Crippen LogP contribution < -0.4 is 9.64 Å². The van der Waals surface area contributed by atoms with Crippen LogP contribution in [0, 0.1) is 5.82 Å². The highest BCUT2D eigenvalue weighted by molar-refractivity contribution is 7.22. The molecule has 0 aliphatic heterocycles. The Balaban J connectivity index is 0.00000280. The van der Waals surface area contributed by atoms with E-state index >= 15 is 0 Å². The largest absolute Gasteiger partial charge is 0.494 e. The Bertz CT molecular complexity index is 931. The van der Waals surface area contributed by atoms with Gasteiger partial charge in [0, 0.05) is 13.1 Å². The molecule has 0 spiro atoms. The minimum atomic E-state index is -0.311. The first-order valence-corrected chi connectivity index (χ1v) is 9.42. The lowest BCUT2D eigenvalue weighted by atomic mass is 10.1. The summed E-state index contributed by atoms with van der Waals surface area (Å²) in [4.78, 5) is 21.4. The second-order valence-corrected chi connectivity index (χ2v) is 7.46. The number of anilines is 1. The molecule has 0 N–H and O–H groups in total. The van der Waals surface area contributed by atoms with Gasteiger partial charge in [-0.1, -0.05) is 29.5 Å². The molecule has 1 heterocycles. The number of rotatable bonds is 7. The number of ether oxygens (including phenoxy) is 1. The molecule has 0 bridgehead atoms. The van der Waals surface area contributed by atoms with Crippen molar-refractivity contribution >= 4 is 45.0 Å². The Morgan fingerprint density at radius 3 is 2.50 bits per heavy atom. The van der Waals surface area contributed by atoms with Gasteiger partial charge < -0.3 is 9.64 Å². The maximum absolute atomic E-state index is 13.1. The molecule has 5 nitrogen and oxygen atoms in total. The average molecular weight is 424 g/mol. The Labute approximate surface area is 174 Å². The average Bonchev–Trinajstić information content (AvgIpc) is 3.07. The first kappa shape index (κ1) is 22.1. The third kappa shape index (κ3) is 5.19. The van der Waals surface area contributed by atoms with Crippen LogP contribution >= 0.6 is 23.7 Å². The Morgan fingerprint density at radius 1 is 1.14 bits per heavy atom. The number of carbonyl (C=O) groups excluding carboxylic acids is 1. The van der Waals surface area contributed by atoms with Gasteiger partial charge in [0.15, 0.2) is 5.13 Å². The van der Waals surface area contributed by atoms with Crippen molar-refractivity contribution in [2.45, 2.75) is 6.42 Å². The first-order chi connectivity index (χ1) is 13.0. The topological polar surface area (TPSA) is 45.7 Å². The fourth-order valence-electron chi connectivity index (χ4n) is 2.69. The van der Waals surface area contributed by atoms with E-state index in [1.54, 1.807) is 24.1 Å². The second-order valence-electron chi connectivity index (χ2n) is 6.46. The smallest absolute Gasteiger partial charge is 0.233 e. The van der Waals surface area contributed by atoms with Gasteiger partial charge in [-0.15, -0.1) is 12.4 Å². The lowest BCUT2D eigenvalue weighted by Gasteiger charge is -2.22. The Kier molecular flexibility index (Phi) is 7.74. The van der Waals surface area contributed by atoms with Gasteiger partial charge in [-0.05, 0) is 43.9 Å². The molecule has 3 rings (SSSR count). The fraction of sp³-hybridized carbons (Fsp3) is 0.300. The van der Waals surface area contributed by atoms with Crippen molar-refractivity contribution in [3.63, 3.8) is 0 Å². The summed E-state index contributed by atoms with van der Waals surface area (Å²) in [5.41, 5.74) is 1.53. The van der Waals surface area contributed by atoms with Gasteiger partial charge in [-0.2, -0.15) is 0 Å². The summed E-state index contributed by atoms with van der Waals surface area (Å²) in [6, 6.07) is 11.7. The zero-order valence-electron chi connectivity index (χ0n) is 16.0. The highest BCUT2D eigenvalue weighted by Gasteiger charge is 2.21.